The number of amides is 1. The van der Waals surface area contributed by atoms with Gasteiger partial charge in [0, 0.05) is 35.7 Å². The Hall–Kier alpha value is -1.90. The molecule has 2 aliphatic heterocycles. The predicted molar refractivity (Wildman–Crippen MR) is 134 cm³/mol. The molecule has 3 aromatic rings. The molecule has 1 unspecified atom stereocenters. The maximum atomic E-state index is 13.5. The molecule has 6 nitrogen and oxygen atoms in total. The molecule has 5 rings (SSSR count). The molecule has 1 fully saturated rings. The van der Waals surface area contributed by atoms with Crippen molar-refractivity contribution < 1.29 is 13.9 Å². The van der Waals surface area contributed by atoms with E-state index in [9.17, 15) is 9.59 Å². The third-order valence-corrected chi connectivity index (χ3v) is 6.84. The average molecular weight is 554 g/mol. The van der Waals surface area contributed by atoms with E-state index >= 15 is 0 Å². The molecule has 1 saturated heterocycles. The van der Waals surface area contributed by atoms with Gasteiger partial charge in [-0.25, -0.2) is 0 Å². The lowest BCUT2D eigenvalue weighted by Gasteiger charge is -2.29. The van der Waals surface area contributed by atoms with Crippen molar-refractivity contribution in [3.8, 4) is 0 Å². The lowest BCUT2D eigenvalue weighted by atomic mass is 9.98. The molecule has 0 aliphatic carbocycles. The second kappa shape index (κ2) is 10.2. The van der Waals surface area contributed by atoms with Gasteiger partial charge in [-0.05, 0) is 42.3 Å². The van der Waals surface area contributed by atoms with Crippen molar-refractivity contribution in [2.24, 2.45) is 0 Å². The van der Waals surface area contributed by atoms with E-state index < -0.39 is 6.04 Å². The summed E-state index contributed by atoms with van der Waals surface area (Å²) >= 11 is 9.52. The largest absolute Gasteiger partial charge is 0.450 e. The van der Waals surface area contributed by atoms with Gasteiger partial charge >= 0.3 is 0 Å². The molecule has 0 bridgehead atoms. The van der Waals surface area contributed by atoms with Crippen LogP contribution >= 0.6 is 39.9 Å². The second-order valence-corrected chi connectivity index (χ2v) is 9.43. The Morgan fingerprint density at radius 3 is 2.48 bits per heavy atom. The van der Waals surface area contributed by atoms with Gasteiger partial charge in [0.05, 0.1) is 30.2 Å². The van der Waals surface area contributed by atoms with Crippen molar-refractivity contribution in [3.63, 3.8) is 0 Å². The van der Waals surface area contributed by atoms with Gasteiger partial charge in [0.1, 0.15) is 5.58 Å². The van der Waals surface area contributed by atoms with Crippen molar-refractivity contribution >= 4 is 56.8 Å². The van der Waals surface area contributed by atoms with Gasteiger partial charge in [-0.1, -0.05) is 39.7 Å². The highest BCUT2D eigenvalue weighted by Gasteiger charge is 2.42. The molecular formula is C24H23BrCl2N2O4. The molecule has 1 atom stereocenters. The van der Waals surface area contributed by atoms with Crippen molar-refractivity contribution in [1.82, 2.24) is 9.80 Å². The van der Waals surface area contributed by atoms with E-state index in [4.69, 9.17) is 20.8 Å². The first-order valence-electron chi connectivity index (χ1n) is 10.7. The van der Waals surface area contributed by atoms with E-state index in [0.717, 1.165) is 49.3 Å². The number of halogens is 3. The van der Waals surface area contributed by atoms with Gasteiger partial charge in [0.2, 0.25) is 5.76 Å². The fourth-order valence-corrected chi connectivity index (χ4v) is 4.99. The fraction of sp³-hybridized carbons (Fsp3) is 0.333. The van der Waals surface area contributed by atoms with E-state index in [2.05, 4.69) is 20.8 Å². The number of carbonyl (C=O) groups excluding carboxylic acids is 1. The second-order valence-electron chi connectivity index (χ2n) is 8.07. The number of ether oxygens (including phenoxy) is 1. The molecule has 0 spiro atoms. The Bertz CT molecular complexity index is 1230. The number of nitrogens with zero attached hydrogens (tertiary/aromatic N) is 2. The van der Waals surface area contributed by atoms with Gasteiger partial charge < -0.3 is 14.1 Å². The zero-order valence-corrected chi connectivity index (χ0v) is 20.9. The number of hydrogen-bond acceptors (Lipinski definition) is 5. The molecule has 174 valence electrons. The van der Waals surface area contributed by atoms with E-state index in [1.54, 1.807) is 35.2 Å². The molecule has 2 aromatic carbocycles. The summed E-state index contributed by atoms with van der Waals surface area (Å²) in [5.41, 5.74) is 1.48. The van der Waals surface area contributed by atoms with Crippen LogP contribution in [-0.4, -0.2) is 55.1 Å². The molecule has 1 aromatic heterocycles. The van der Waals surface area contributed by atoms with Crippen LogP contribution in [0, 0.1) is 0 Å². The average Bonchev–Trinajstić information content (AvgIpc) is 3.08. The summed E-state index contributed by atoms with van der Waals surface area (Å²) in [6.45, 7) is 4.66. The lowest BCUT2D eigenvalue weighted by Crippen LogP contribution is -2.38. The van der Waals surface area contributed by atoms with Crippen LogP contribution < -0.4 is 5.43 Å². The van der Waals surface area contributed by atoms with Crippen LogP contribution in [0.25, 0.3) is 11.0 Å². The minimum atomic E-state index is -0.501. The highest BCUT2D eigenvalue weighted by molar-refractivity contribution is 9.10. The van der Waals surface area contributed by atoms with Crippen molar-refractivity contribution in [1.29, 1.82) is 0 Å². The number of morpholine rings is 1. The van der Waals surface area contributed by atoms with Gasteiger partial charge in [-0.2, -0.15) is 0 Å². The normalized spacial score (nSPS) is 18.4. The van der Waals surface area contributed by atoms with Gasteiger partial charge in [-0.15, -0.1) is 12.4 Å². The quantitative estimate of drug-likeness (QED) is 0.450. The molecule has 9 heteroatoms. The first-order chi connectivity index (χ1) is 15.5. The van der Waals surface area contributed by atoms with E-state index in [-0.39, 0.29) is 29.5 Å². The minimum Gasteiger partial charge on any atom is -0.450 e. The summed E-state index contributed by atoms with van der Waals surface area (Å²) in [7, 11) is 0. The maximum absolute atomic E-state index is 13.5. The summed E-state index contributed by atoms with van der Waals surface area (Å²) in [5.74, 6) is -0.111. The predicted octanol–water partition coefficient (Wildman–Crippen LogP) is 4.90. The van der Waals surface area contributed by atoms with Gasteiger partial charge in [-0.3, -0.25) is 14.5 Å². The Balaban J connectivity index is 0.00000259. The van der Waals surface area contributed by atoms with Crippen LogP contribution in [0.1, 0.15) is 34.1 Å². The molecule has 1 amide bonds. The van der Waals surface area contributed by atoms with Crippen LogP contribution in [0.5, 0.6) is 0 Å². The monoisotopic (exact) mass is 552 g/mol. The van der Waals surface area contributed by atoms with Crippen LogP contribution in [-0.2, 0) is 4.74 Å². The van der Waals surface area contributed by atoms with Crippen molar-refractivity contribution in [2.75, 3.05) is 39.4 Å². The molecule has 0 saturated carbocycles. The topological polar surface area (TPSA) is 63.0 Å². The summed E-state index contributed by atoms with van der Waals surface area (Å²) in [4.78, 5) is 31.0. The highest BCUT2D eigenvalue weighted by Crippen LogP contribution is 2.38. The summed E-state index contributed by atoms with van der Waals surface area (Å²) in [6.07, 6.45) is 0.795. The Morgan fingerprint density at radius 2 is 1.76 bits per heavy atom. The zero-order valence-electron chi connectivity index (χ0n) is 17.8. The van der Waals surface area contributed by atoms with Crippen LogP contribution in [0.2, 0.25) is 5.02 Å². The van der Waals surface area contributed by atoms with Gasteiger partial charge in [0.25, 0.3) is 5.91 Å². The molecule has 3 heterocycles. The first kappa shape index (κ1) is 24.2. The third kappa shape index (κ3) is 4.70. The lowest BCUT2D eigenvalue weighted by molar-refractivity contribution is 0.0353. The van der Waals surface area contributed by atoms with Crippen molar-refractivity contribution in [2.45, 2.75) is 12.5 Å². The van der Waals surface area contributed by atoms with Crippen molar-refractivity contribution in [3.05, 3.63) is 79.1 Å². The van der Waals surface area contributed by atoms with E-state index in [1.807, 2.05) is 12.1 Å². The third-order valence-electron chi connectivity index (χ3n) is 6.09. The number of carbonyl (C=O) groups is 1. The number of rotatable bonds is 5. The molecule has 33 heavy (non-hydrogen) atoms. The van der Waals surface area contributed by atoms with Crippen LogP contribution in [0.15, 0.2) is 56.1 Å². The summed E-state index contributed by atoms with van der Waals surface area (Å²) < 4.78 is 12.2. The minimum absolute atomic E-state index is 0. The highest BCUT2D eigenvalue weighted by atomic mass is 79.9. The first-order valence-corrected chi connectivity index (χ1v) is 11.8. The van der Waals surface area contributed by atoms with Crippen LogP contribution in [0.4, 0.5) is 0 Å². The van der Waals surface area contributed by atoms with E-state index in [1.165, 1.54) is 0 Å². The Labute approximate surface area is 211 Å². The number of benzene rings is 2. The molecule has 2 aliphatic rings. The standard InChI is InChI=1S/C24H22BrClN2O4.ClH/c25-16-4-7-19-18(14-16)22(29)20-21(15-2-5-17(26)6-3-15)28(24(30)23(20)32-19)9-1-8-27-10-12-31-13-11-27;/h2-7,14,21H,1,8-13H2;1H. The van der Waals surface area contributed by atoms with Crippen LogP contribution in [0.3, 0.4) is 0 Å². The SMILES string of the molecule is Cl.O=C1c2oc3ccc(Br)cc3c(=O)c2C(c2ccc(Cl)cc2)N1CCCN1CCOCC1. The Kier molecular flexibility index (Phi) is 7.46. The summed E-state index contributed by atoms with van der Waals surface area (Å²) in [6, 6.07) is 12.1. The molecule has 0 N–H and O–H groups in total. The van der Waals surface area contributed by atoms with Gasteiger partial charge in [0.15, 0.2) is 5.43 Å². The Morgan fingerprint density at radius 1 is 1.03 bits per heavy atom. The number of hydrogen-bond donors (Lipinski definition) is 0. The zero-order chi connectivity index (χ0) is 22.2. The molecule has 0 radical (unpaired) electrons. The van der Waals surface area contributed by atoms with E-state index in [0.29, 0.717) is 28.1 Å². The number of fused-ring (bicyclic) bond motifs is 2. The fourth-order valence-electron chi connectivity index (χ4n) is 4.50. The summed E-state index contributed by atoms with van der Waals surface area (Å²) in [5, 5.41) is 1.06. The smallest absolute Gasteiger partial charge is 0.290 e. The maximum Gasteiger partial charge on any atom is 0.290 e. The molecular weight excluding hydrogens is 531 g/mol.